The summed E-state index contributed by atoms with van der Waals surface area (Å²) in [5.74, 6) is 1.31. The Morgan fingerprint density at radius 2 is 1.74 bits per heavy atom. The molecule has 1 aromatic heterocycles. The molecule has 0 fully saturated rings. The molecule has 0 bridgehead atoms. The second-order valence-electron chi connectivity index (χ2n) is 8.31. The first-order valence-electron chi connectivity index (χ1n) is 11.5. The SMILES string of the molecule is COc1ccc(C(=O)NCc2nnc(SCc3cccc(C(F)(F)F)c3)n2-c2cccc(C)c2)cc1OC. The first-order valence-corrected chi connectivity index (χ1v) is 12.5. The molecule has 4 rings (SSSR count). The Morgan fingerprint density at radius 1 is 0.974 bits per heavy atom. The van der Waals surface area contributed by atoms with Gasteiger partial charge in [-0.1, -0.05) is 42.1 Å². The van der Waals surface area contributed by atoms with E-state index in [1.54, 1.807) is 28.8 Å². The summed E-state index contributed by atoms with van der Waals surface area (Å²) in [4.78, 5) is 12.9. The highest BCUT2D eigenvalue weighted by Crippen LogP contribution is 2.32. The van der Waals surface area contributed by atoms with Crippen LogP contribution in [0.5, 0.6) is 11.5 Å². The van der Waals surface area contributed by atoms with Crippen molar-refractivity contribution in [3.05, 3.63) is 94.8 Å². The maximum Gasteiger partial charge on any atom is 0.416 e. The summed E-state index contributed by atoms with van der Waals surface area (Å²) >= 11 is 1.26. The van der Waals surface area contributed by atoms with E-state index in [4.69, 9.17) is 9.47 Å². The number of hydrogen-bond donors (Lipinski definition) is 1. The molecule has 0 aliphatic carbocycles. The molecule has 1 amide bonds. The van der Waals surface area contributed by atoms with Crippen LogP contribution in [0.3, 0.4) is 0 Å². The summed E-state index contributed by atoms with van der Waals surface area (Å²) in [7, 11) is 3.00. The van der Waals surface area contributed by atoms with Gasteiger partial charge in [-0.05, 0) is 54.4 Å². The van der Waals surface area contributed by atoms with Gasteiger partial charge in [-0.25, -0.2) is 0 Å². The molecule has 0 atom stereocenters. The Bertz CT molecular complexity index is 1440. The van der Waals surface area contributed by atoms with E-state index in [1.165, 1.54) is 32.0 Å². The quantitative estimate of drug-likeness (QED) is 0.268. The Kier molecular flexibility index (Phi) is 8.26. The molecule has 0 saturated heterocycles. The molecule has 0 aliphatic heterocycles. The lowest BCUT2D eigenvalue weighted by Crippen LogP contribution is -2.24. The van der Waals surface area contributed by atoms with Crippen LogP contribution < -0.4 is 14.8 Å². The number of nitrogens with one attached hydrogen (secondary N) is 1. The number of carbonyl (C=O) groups is 1. The van der Waals surface area contributed by atoms with Crippen LogP contribution in [-0.4, -0.2) is 34.9 Å². The molecule has 0 radical (unpaired) electrons. The number of rotatable bonds is 9. The minimum atomic E-state index is -4.42. The Hall–Kier alpha value is -3.99. The predicted octanol–water partition coefficient (Wildman–Crippen LogP) is 5.83. The van der Waals surface area contributed by atoms with Crippen molar-refractivity contribution in [2.75, 3.05) is 14.2 Å². The van der Waals surface area contributed by atoms with Gasteiger partial charge in [-0.2, -0.15) is 13.2 Å². The monoisotopic (exact) mass is 542 g/mol. The van der Waals surface area contributed by atoms with Gasteiger partial charge in [0.1, 0.15) is 0 Å². The van der Waals surface area contributed by atoms with Gasteiger partial charge in [0.25, 0.3) is 5.91 Å². The molecule has 1 N–H and O–H groups in total. The zero-order chi connectivity index (χ0) is 27.3. The molecule has 4 aromatic rings. The van der Waals surface area contributed by atoms with Crippen LogP contribution in [0.25, 0.3) is 5.69 Å². The number of ether oxygens (including phenoxy) is 2. The lowest BCUT2D eigenvalue weighted by molar-refractivity contribution is -0.137. The van der Waals surface area contributed by atoms with Crippen molar-refractivity contribution in [3.63, 3.8) is 0 Å². The van der Waals surface area contributed by atoms with E-state index in [9.17, 15) is 18.0 Å². The van der Waals surface area contributed by atoms with E-state index >= 15 is 0 Å². The number of carbonyl (C=O) groups excluding carboxylic acids is 1. The van der Waals surface area contributed by atoms with Gasteiger partial charge in [0, 0.05) is 17.0 Å². The third-order valence-electron chi connectivity index (χ3n) is 5.64. The third-order valence-corrected chi connectivity index (χ3v) is 6.64. The zero-order valence-electron chi connectivity index (χ0n) is 20.9. The first kappa shape index (κ1) is 27.1. The van der Waals surface area contributed by atoms with Crippen LogP contribution in [0.1, 0.15) is 32.9 Å². The maximum absolute atomic E-state index is 13.1. The molecule has 3 aromatic carbocycles. The van der Waals surface area contributed by atoms with E-state index in [0.717, 1.165) is 23.4 Å². The van der Waals surface area contributed by atoms with Crippen molar-refractivity contribution in [1.29, 1.82) is 0 Å². The molecule has 38 heavy (non-hydrogen) atoms. The lowest BCUT2D eigenvalue weighted by Gasteiger charge is -2.13. The van der Waals surface area contributed by atoms with Crippen molar-refractivity contribution in [2.24, 2.45) is 0 Å². The van der Waals surface area contributed by atoms with Crippen molar-refractivity contribution < 1.29 is 27.4 Å². The van der Waals surface area contributed by atoms with Gasteiger partial charge in [-0.15, -0.1) is 10.2 Å². The molecule has 11 heteroatoms. The smallest absolute Gasteiger partial charge is 0.416 e. The van der Waals surface area contributed by atoms with E-state index in [-0.39, 0.29) is 18.2 Å². The minimum absolute atomic E-state index is 0.0677. The van der Waals surface area contributed by atoms with Gasteiger partial charge < -0.3 is 14.8 Å². The number of benzene rings is 3. The lowest BCUT2D eigenvalue weighted by atomic mass is 10.1. The molecule has 0 unspecified atom stereocenters. The maximum atomic E-state index is 13.1. The summed E-state index contributed by atoms with van der Waals surface area (Å²) in [6.07, 6.45) is -4.42. The number of alkyl halides is 3. The van der Waals surface area contributed by atoms with E-state index in [0.29, 0.717) is 33.6 Å². The number of methoxy groups -OCH3 is 2. The fraction of sp³-hybridized carbons (Fsp3) is 0.222. The Morgan fingerprint density at radius 3 is 2.45 bits per heavy atom. The fourth-order valence-electron chi connectivity index (χ4n) is 3.76. The Balaban J connectivity index is 1.57. The third kappa shape index (κ3) is 6.28. The fourth-order valence-corrected chi connectivity index (χ4v) is 4.67. The minimum Gasteiger partial charge on any atom is -0.493 e. The van der Waals surface area contributed by atoms with E-state index in [1.807, 2.05) is 31.2 Å². The molecule has 0 saturated carbocycles. The van der Waals surface area contributed by atoms with Gasteiger partial charge >= 0.3 is 6.18 Å². The molecule has 0 spiro atoms. The molecular weight excluding hydrogens is 517 g/mol. The second kappa shape index (κ2) is 11.6. The normalized spacial score (nSPS) is 11.3. The predicted molar refractivity (Wildman–Crippen MR) is 138 cm³/mol. The summed E-state index contributed by atoms with van der Waals surface area (Å²) in [5.41, 5.74) is 1.96. The number of hydrogen-bond acceptors (Lipinski definition) is 6. The highest BCUT2D eigenvalue weighted by atomic mass is 32.2. The highest BCUT2D eigenvalue weighted by Gasteiger charge is 2.30. The van der Waals surface area contributed by atoms with E-state index < -0.39 is 11.7 Å². The largest absolute Gasteiger partial charge is 0.493 e. The van der Waals surface area contributed by atoms with Crippen molar-refractivity contribution in [1.82, 2.24) is 20.1 Å². The van der Waals surface area contributed by atoms with Crippen molar-refractivity contribution >= 4 is 17.7 Å². The number of halogens is 3. The second-order valence-corrected chi connectivity index (χ2v) is 9.25. The van der Waals surface area contributed by atoms with Crippen LogP contribution in [0.15, 0.2) is 71.9 Å². The van der Waals surface area contributed by atoms with Crippen LogP contribution in [0, 0.1) is 6.92 Å². The number of nitrogens with zero attached hydrogens (tertiary/aromatic N) is 3. The van der Waals surface area contributed by atoms with Crippen LogP contribution >= 0.6 is 11.8 Å². The van der Waals surface area contributed by atoms with Crippen molar-refractivity contribution in [3.8, 4) is 17.2 Å². The molecule has 0 aliphatic rings. The van der Waals surface area contributed by atoms with E-state index in [2.05, 4.69) is 15.5 Å². The average molecular weight is 543 g/mol. The number of thioether (sulfide) groups is 1. The van der Waals surface area contributed by atoms with Crippen LogP contribution in [-0.2, 0) is 18.5 Å². The summed E-state index contributed by atoms with van der Waals surface area (Å²) < 4.78 is 51.7. The summed E-state index contributed by atoms with van der Waals surface area (Å²) in [6, 6.07) is 17.7. The average Bonchev–Trinajstić information content (AvgIpc) is 3.32. The van der Waals surface area contributed by atoms with Gasteiger partial charge in [0.2, 0.25) is 0 Å². The number of amides is 1. The molecule has 198 valence electrons. The topological polar surface area (TPSA) is 78.3 Å². The molecular formula is C27H25F3N4O3S. The first-order chi connectivity index (χ1) is 18.2. The zero-order valence-corrected chi connectivity index (χ0v) is 21.7. The van der Waals surface area contributed by atoms with Gasteiger partial charge in [0.05, 0.1) is 26.3 Å². The standard InChI is InChI=1S/C27H25F3N4O3S/c1-17-6-4-9-21(12-17)34-24(15-31-25(35)19-10-11-22(36-2)23(14-19)37-3)32-33-26(34)38-16-18-7-5-8-20(13-18)27(28,29)30/h4-14H,15-16H2,1-3H3,(H,31,35). The van der Waals surface area contributed by atoms with Crippen molar-refractivity contribution in [2.45, 2.75) is 30.6 Å². The molecule has 1 heterocycles. The molecule has 7 nitrogen and oxygen atoms in total. The van der Waals surface area contributed by atoms with Crippen LogP contribution in [0.4, 0.5) is 13.2 Å². The van der Waals surface area contributed by atoms with Crippen LogP contribution in [0.2, 0.25) is 0 Å². The number of aromatic nitrogens is 3. The van der Waals surface area contributed by atoms with Gasteiger partial charge in [0.15, 0.2) is 22.5 Å². The number of aryl methyl sites for hydroxylation is 1. The summed E-state index contributed by atoms with van der Waals surface area (Å²) in [5, 5.41) is 11.9. The Labute approximate surface area is 222 Å². The summed E-state index contributed by atoms with van der Waals surface area (Å²) in [6.45, 7) is 2.01. The highest BCUT2D eigenvalue weighted by molar-refractivity contribution is 7.98. The van der Waals surface area contributed by atoms with Gasteiger partial charge in [-0.3, -0.25) is 9.36 Å².